The van der Waals surface area contributed by atoms with E-state index in [1.54, 1.807) is 6.08 Å². The predicted molar refractivity (Wildman–Crippen MR) is 141 cm³/mol. The van der Waals surface area contributed by atoms with E-state index in [4.69, 9.17) is 4.74 Å². The zero-order valence-corrected chi connectivity index (χ0v) is 20.9. The molecule has 2 aromatic carbocycles. The normalized spacial score (nSPS) is 14.2. The molecular weight excluding hydrogens is 454 g/mol. The maximum atomic E-state index is 12.5. The lowest BCUT2D eigenvalue weighted by atomic mass is 10.1. The fourth-order valence-corrected chi connectivity index (χ4v) is 4.19. The van der Waals surface area contributed by atoms with E-state index < -0.39 is 0 Å². The number of anilines is 1. The van der Waals surface area contributed by atoms with Gasteiger partial charge in [-0.15, -0.1) is 0 Å². The summed E-state index contributed by atoms with van der Waals surface area (Å²) in [6.07, 6.45) is 3.77. The van der Waals surface area contributed by atoms with Crippen molar-refractivity contribution in [3.63, 3.8) is 0 Å². The SMILES string of the molecule is Cc1nn(-c2ccccc2)c(C)c1/C=C/C(=O)NCc1cccc(NC(=O)CCN2CCOCC2)c1. The van der Waals surface area contributed by atoms with Gasteiger partial charge in [-0.3, -0.25) is 14.5 Å². The van der Waals surface area contributed by atoms with Gasteiger partial charge in [0.1, 0.15) is 0 Å². The first-order chi connectivity index (χ1) is 17.5. The van der Waals surface area contributed by atoms with Gasteiger partial charge < -0.3 is 15.4 Å². The number of morpholine rings is 1. The summed E-state index contributed by atoms with van der Waals surface area (Å²) in [4.78, 5) is 27.1. The summed E-state index contributed by atoms with van der Waals surface area (Å²) in [6, 6.07) is 17.5. The Balaban J connectivity index is 1.28. The highest BCUT2D eigenvalue weighted by Crippen LogP contribution is 2.19. The van der Waals surface area contributed by atoms with Crippen molar-refractivity contribution < 1.29 is 14.3 Å². The lowest BCUT2D eigenvalue weighted by Gasteiger charge is -2.26. The molecule has 0 saturated carbocycles. The van der Waals surface area contributed by atoms with Gasteiger partial charge in [-0.25, -0.2) is 4.68 Å². The number of rotatable bonds is 9. The fraction of sp³-hybridized carbons (Fsp3) is 0.321. The average molecular weight is 488 g/mol. The fourth-order valence-electron chi connectivity index (χ4n) is 4.19. The van der Waals surface area contributed by atoms with Crippen molar-refractivity contribution in [1.29, 1.82) is 0 Å². The maximum Gasteiger partial charge on any atom is 0.244 e. The molecule has 8 heteroatoms. The third-order valence-corrected chi connectivity index (χ3v) is 6.19. The van der Waals surface area contributed by atoms with Crippen LogP contribution < -0.4 is 10.6 Å². The van der Waals surface area contributed by atoms with Crippen molar-refractivity contribution in [2.45, 2.75) is 26.8 Å². The van der Waals surface area contributed by atoms with Crippen molar-refractivity contribution in [3.8, 4) is 5.69 Å². The van der Waals surface area contributed by atoms with Crippen molar-refractivity contribution >= 4 is 23.6 Å². The van der Waals surface area contributed by atoms with Gasteiger partial charge in [0, 0.05) is 55.6 Å². The molecule has 0 aliphatic carbocycles. The van der Waals surface area contributed by atoms with Gasteiger partial charge in [0.15, 0.2) is 0 Å². The number of hydrogen-bond acceptors (Lipinski definition) is 5. The van der Waals surface area contributed by atoms with Crippen LogP contribution in [0.1, 0.15) is 28.9 Å². The Morgan fingerprint density at radius 1 is 1.06 bits per heavy atom. The van der Waals surface area contributed by atoms with E-state index in [0.29, 0.717) is 13.0 Å². The second-order valence-electron chi connectivity index (χ2n) is 8.84. The van der Waals surface area contributed by atoms with Gasteiger partial charge in [-0.2, -0.15) is 5.10 Å². The van der Waals surface area contributed by atoms with Crippen LogP contribution in [-0.2, 0) is 20.9 Å². The van der Waals surface area contributed by atoms with E-state index in [1.165, 1.54) is 6.08 Å². The van der Waals surface area contributed by atoms with E-state index in [0.717, 1.165) is 66.7 Å². The van der Waals surface area contributed by atoms with Gasteiger partial charge in [0.25, 0.3) is 0 Å². The molecule has 0 atom stereocenters. The summed E-state index contributed by atoms with van der Waals surface area (Å²) >= 11 is 0. The first kappa shape index (κ1) is 25.3. The predicted octanol–water partition coefficient (Wildman–Crippen LogP) is 3.48. The van der Waals surface area contributed by atoms with Crippen LogP contribution in [0.25, 0.3) is 11.8 Å². The van der Waals surface area contributed by atoms with Crippen LogP contribution in [-0.4, -0.2) is 59.3 Å². The minimum absolute atomic E-state index is 0.0209. The number of ether oxygens (including phenoxy) is 1. The van der Waals surface area contributed by atoms with Gasteiger partial charge in [0.05, 0.1) is 24.6 Å². The molecule has 1 aliphatic rings. The molecule has 188 valence electrons. The molecule has 0 spiro atoms. The lowest BCUT2D eigenvalue weighted by molar-refractivity contribution is -0.117. The van der Waals surface area contributed by atoms with Gasteiger partial charge >= 0.3 is 0 Å². The summed E-state index contributed by atoms with van der Waals surface area (Å²) in [6.45, 7) is 8.19. The van der Waals surface area contributed by atoms with Crippen LogP contribution >= 0.6 is 0 Å². The highest BCUT2D eigenvalue weighted by Gasteiger charge is 2.13. The summed E-state index contributed by atoms with van der Waals surface area (Å²) < 4.78 is 7.22. The first-order valence-electron chi connectivity index (χ1n) is 12.3. The van der Waals surface area contributed by atoms with Crippen LogP contribution in [0.4, 0.5) is 5.69 Å². The maximum absolute atomic E-state index is 12.5. The molecule has 1 saturated heterocycles. The number of nitrogens with zero attached hydrogens (tertiary/aromatic N) is 3. The highest BCUT2D eigenvalue weighted by molar-refractivity contribution is 5.92. The lowest BCUT2D eigenvalue weighted by Crippen LogP contribution is -2.38. The molecule has 1 aliphatic heterocycles. The summed E-state index contributed by atoms with van der Waals surface area (Å²) in [5.74, 6) is -0.214. The molecule has 0 bridgehead atoms. The zero-order chi connectivity index (χ0) is 25.3. The Morgan fingerprint density at radius 2 is 1.83 bits per heavy atom. The molecule has 0 radical (unpaired) electrons. The zero-order valence-electron chi connectivity index (χ0n) is 20.9. The highest BCUT2D eigenvalue weighted by atomic mass is 16.5. The van der Waals surface area contributed by atoms with Crippen molar-refractivity contribution in [2.24, 2.45) is 0 Å². The molecule has 4 rings (SSSR count). The van der Waals surface area contributed by atoms with E-state index in [1.807, 2.05) is 73.1 Å². The first-order valence-corrected chi connectivity index (χ1v) is 12.3. The smallest absolute Gasteiger partial charge is 0.244 e. The Bertz CT molecular complexity index is 1210. The molecule has 0 unspecified atom stereocenters. The van der Waals surface area contributed by atoms with E-state index in [9.17, 15) is 9.59 Å². The van der Waals surface area contributed by atoms with Crippen molar-refractivity contribution in [1.82, 2.24) is 20.0 Å². The molecule has 3 aromatic rings. The van der Waals surface area contributed by atoms with E-state index in [2.05, 4.69) is 20.6 Å². The van der Waals surface area contributed by atoms with Crippen LogP contribution in [0.15, 0.2) is 60.7 Å². The minimum atomic E-state index is -0.193. The van der Waals surface area contributed by atoms with Gasteiger partial charge in [-0.1, -0.05) is 30.3 Å². The van der Waals surface area contributed by atoms with Crippen LogP contribution in [0.2, 0.25) is 0 Å². The third-order valence-electron chi connectivity index (χ3n) is 6.19. The number of nitrogens with one attached hydrogen (secondary N) is 2. The van der Waals surface area contributed by atoms with Crippen molar-refractivity contribution in [2.75, 3.05) is 38.2 Å². The Labute approximate surface area is 211 Å². The molecule has 2 heterocycles. The third kappa shape index (κ3) is 6.90. The number of benzene rings is 2. The van der Waals surface area contributed by atoms with Crippen LogP contribution in [0, 0.1) is 13.8 Å². The Morgan fingerprint density at radius 3 is 2.61 bits per heavy atom. The molecule has 1 fully saturated rings. The van der Waals surface area contributed by atoms with Crippen molar-refractivity contribution in [3.05, 3.63) is 83.2 Å². The minimum Gasteiger partial charge on any atom is -0.379 e. The number of carbonyl (C=O) groups is 2. The molecule has 1 aromatic heterocycles. The second kappa shape index (κ2) is 12.3. The molecule has 8 nitrogen and oxygen atoms in total. The number of carbonyl (C=O) groups excluding carboxylic acids is 2. The quantitative estimate of drug-likeness (QED) is 0.451. The number of aryl methyl sites for hydroxylation is 1. The molecule has 2 N–H and O–H groups in total. The second-order valence-corrected chi connectivity index (χ2v) is 8.84. The number of amides is 2. The standard InChI is InChI=1S/C28H33N5O3/c1-21-26(22(2)33(31-21)25-9-4-3-5-10-25)11-12-27(34)29-20-23-7-6-8-24(19-23)30-28(35)13-14-32-15-17-36-18-16-32/h3-12,19H,13-18,20H2,1-2H3,(H,29,34)(H,30,35)/b12-11+. The summed E-state index contributed by atoms with van der Waals surface area (Å²) in [5, 5.41) is 10.5. The summed E-state index contributed by atoms with van der Waals surface area (Å²) in [5.41, 5.74) is 5.37. The largest absolute Gasteiger partial charge is 0.379 e. The molecule has 2 amide bonds. The van der Waals surface area contributed by atoms with Crippen LogP contribution in [0.3, 0.4) is 0 Å². The summed E-state index contributed by atoms with van der Waals surface area (Å²) in [7, 11) is 0. The number of aromatic nitrogens is 2. The topological polar surface area (TPSA) is 88.5 Å². The molecular formula is C28H33N5O3. The monoisotopic (exact) mass is 487 g/mol. The van der Waals surface area contributed by atoms with Gasteiger partial charge in [0.2, 0.25) is 11.8 Å². The van der Waals surface area contributed by atoms with E-state index in [-0.39, 0.29) is 11.8 Å². The molecule has 36 heavy (non-hydrogen) atoms. The Kier molecular flexibility index (Phi) is 8.65. The average Bonchev–Trinajstić information content (AvgIpc) is 3.19. The van der Waals surface area contributed by atoms with E-state index >= 15 is 0 Å². The van der Waals surface area contributed by atoms with Crippen LogP contribution in [0.5, 0.6) is 0 Å². The Hall–Kier alpha value is -3.75. The number of hydrogen-bond donors (Lipinski definition) is 2. The number of para-hydroxylation sites is 1. The van der Waals surface area contributed by atoms with Gasteiger partial charge in [-0.05, 0) is 49.8 Å².